The lowest BCUT2D eigenvalue weighted by Gasteiger charge is -2.36. The number of hydrogen-bond donors (Lipinski definition) is 3. The monoisotopic (exact) mass is 258 g/mol. The second-order valence-corrected chi connectivity index (χ2v) is 5.80. The van der Waals surface area contributed by atoms with E-state index in [9.17, 15) is 0 Å². The zero-order chi connectivity index (χ0) is 13.2. The summed E-state index contributed by atoms with van der Waals surface area (Å²) in [6, 6.07) is 0. The molecule has 0 aromatic rings. The van der Waals surface area contributed by atoms with E-state index >= 15 is 0 Å². The molecule has 108 valence electrons. The molecule has 0 heterocycles. The Morgan fingerprint density at radius 3 is 1.83 bits per heavy atom. The van der Waals surface area contributed by atoms with E-state index in [0.717, 1.165) is 56.3 Å². The van der Waals surface area contributed by atoms with Gasteiger partial charge in [0, 0.05) is 19.8 Å². The van der Waals surface area contributed by atoms with E-state index in [1.54, 1.807) is 0 Å². The van der Waals surface area contributed by atoms with Gasteiger partial charge in [0.1, 0.15) is 0 Å². The lowest BCUT2D eigenvalue weighted by atomic mass is 9.69. The van der Waals surface area contributed by atoms with Crippen LogP contribution in [0.1, 0.15) is 57.8 Å². The number of aliphatic hydroxyl groups excluding tert-OH is 3. The van der Waals surface area contributed by atoms with Gasteiger partial charge in [-0.3, -0.25) is 0 Å². The smallest absolute Gasteiger partial charge is 0.0431 e. The summed E-state index contributed by atoms with van der Waals surface area (Å²) in [7, 11) is 0. The Balaban J connectivity index is 2.38. The normalized spacial score (nSPS) is 28.5. The first kappa shape index (κ1) is 15.9. The van der Waals surface area contributed by atoms with Gasteiger partial charge in [0.05, 0.1) is 0 Å². The highest BCUT2D eigenvalue weighted by molar-refractivity contribution is 4.80. The first-order valence-electron chi connectivity index (χ1n) is 7.64. The topological polar surface area (TPSA) is 60.7 Å². The van der Waals surface area contributed by atoms with Crippen molar-refractivity contribution in [2.24, 2.45) is 17.8 Å². The fourth-order valence-corrected chi connectivity index (χ4v) is 3.51. The molecule has 1 aliphatic carbocycles. The summed E-state index contributed by atoms with van der Waals surface area (Å²) in [5.41, 5.74) is 0. The minimum absolute atomic E-state index is 0.296. The summed E-state index contributed by atoms with van der Waals surface area (Å²) < 4.78 is 0. The molecule has 1 fully saturated rings. The standard InChI is InChI=1S/C15H30O3/c16-9-1-4-13-7-8-14(5-2-10-17)15(12-13)6-3-11-18/h13-18H,1-12H2. The SMILES string of the molecule is OCCCC1CCC(CCCO)C(CCCO)C1. The molecule has 3 unspecified atom stereocenters. The molecule has 3 heteroatoms. The van der Waals surface area contributed by atoms with Crippen molar-refractivity contribution in [2.45, 2.75) is 57.8 Å². The predicted molar refractivity (Wildman–Crippen MR) is 73.3 cm³/mol. The molecule has 3 atom stereocenters. The predicted octanol–water partition coefficient (Wildman–Crippen LogP) is 2.34. The summed E-state index contributed by atoms with van der Waals surface area (Å²) in [5.74, 6) is 2.24. The fourth-order valence-electron chi connectivity index (χ4n) is 3.51. The summed E-state index contributed by atoms with van der Waals surface area (Å²) in [6.07, 6.45) is 9.99. The lowest BCUT2D eigenvalue weighted by Crippen LogP contribution is -2.25. The molecular weight excluding hydrogens is 228 g/mol. The molecule has 18 heavy (non-hydrogen) atoms. The number of rotatable bonds is 9. The highest BCUT2D eigenvalue weighted by Gasteiger charge is 2.29. The highest BCUT2D eigenvalue weighted by Crippen LogP contribution is 2.40. The van der Waals surface area contributed by atoms with Gasteiger partial charge in [-0.25, -0.2) is 0 Å². The van der Waals surface area contributed by atoms with Crippen molar-refractivity contribution in [1.82, 2.24) is 0 Å². The van der Waals surface area contributed by atoms with Crippen LogP contribution in [0.5, 0.6) is 0 Å². The molecule has 1 rings (SSSR count). The maximum Gasteiger partial charge on any atom is 0.0431 e. The fraction of sp³-hybridized carbons (Fsp3) is 1.00. The molecule has 0 aliphatic heterocycles. The van der Waals surface area contributed by atoms with Crippen LogP contribution in [-0.2, 0) is 0 Å². The van der Waals surface area contributed by atoms with E-state index < -0.39 is 0 Å². The maximum atomic E-state index is 8.99. The molecular formula is C15H30O3. The molecule has 0 bridgehead atoms. The van der Waals surface area contributed by atoms with Crippen LogP contribution in [0.2, 0.25) is 0 Å². The van der Waals surface area contributed by atoms with Crippen molar-refractivity contribution in [3.63, 3.8) is 0 Å². The van der Waals surface area contributed by atoms with Gasteiger partial charge in [0.2, 0.25) is 0 Å². The molecule has 0 amide bonds. The van der Waals surface area contributed by atoms with Crippen LogP contribution in [0, 0.1) is 17.8 Å². The van der Waals surface area contributed by atoms with Crippen LogP contribution in [0.15, 0.2) is 0 Å². The summed E-state index contributed by atoms with van der Waals surface area (Å²) >= 11 is 0. The van der Waals surface area contributed by atoms with Crippen LogP contribution in [0.3, 0.4) is 0 Å². The molecule has 1 saturated carbocycles. The van der Waals surface area contributed by atoms with E-state index in [2.05, 4.69) is 0 Å². The van der Waals surface area contributed by atoms with Crippen LogP contribution < -0.4 is 0 Å². The van der Waals surface area contributed by atoms with Crippen LogP contribution in [-0.4, -0.2) is 35.1 Å². The largest absolute Gasteiger partial charge is 0.396 e. The summed E-state index contributed by atoms with van der Waals surface area (Å²) in [4.78, 5) is 0. The molecule has 0 aromatic carbocycles. The molecule has 3 N–H and O–H groups in total. The molecule has 0 radical (unpaired) electrons. The first-order chi connectivity index (χ1) is 8.81. The average Bonchev–Trinajstić information content (AvgIpc) is 2.41. The number of hydrogen-bond acceptors (Lipinski definition) is 3. The van der Waals surface area contributed by atoms with Crippen LogP contribution in [0.4, 0.5) is 0 Å². The third kappa shape index (κ3) is 5.68. The van der Waals surface area contributed by atoms with Crippen molar-refractivity contribution >= 4 is 0 Å². The van der Waals surface area contributed by atoms with Gasteiger partial charge in [-0.1, -0.05) is 6.42 Å². The Hall–Kier alpha value is -0.120. The Bertz CT molecular complexity index is 196. The van der Waals surface area contributed by atoms with Crippen molar-refractivity contribution < 1.29 is 15.3 Å². The van der Waals surface area contributed by atoms with E-state index in [0.29, 0.717) is 19.8 Å². The molecule has 0 aromatic heterocycles. The van der Waals surface area contributed by atoms with Gasteiger partial charge in [-0.15, -0.1) is 0 Å². The Labute approximate surface area is 111 Å². The molecule has 0 spiro atoms. The average molecular weight is 258 g/mol. The van der Waals surface area contributed by atoms with E-state index in [-0.39, 0.29) is 0 Å². The van der Waals surface area contributed by atoms with E-state index in [1.165, 1.54) is 19.3 Å². The van der Waals surface area contributed by atoms with Gasteiger partial charge in [-0.05, 0) is 69.1 Å². The maximum absolute atomic E-state index is 8.99. The molecule has 0 saturated heterocycles. The number of aliphatic hydroxyl groups is 3. The minimum Gasteiger partial charge on any atom is -0.396 e. The second kappa shape index (κ2) is 9.76. The zero-order valence-corrected chi connectivity index (χ0v) is 11.6. The highest BCUT2D eigenvalue weighted by atomic mass is 16.3. The van der Waals surface area contributed by atoms with Gasteiger partial charge in [-0.2, -0.15) is 0 Å². The Kier molecular flexibility index (Phi) is 8.64. The minimum atomic E-state index is 0.296. The van der Waals surface area contributed by atoms with E-state index in [1.807, 2.05) is 0 Å². The van der Waals surface area contributed by atoms with Crippen LogP contribution in [0.25, 0.3) is 0 Å². The van der Waals surface area contributed by atoms with Crippen LogP contribution >= 0.6 is 0 Å². The third-order valence-electron chi connectivity index (χ3n) is 4.48. The van der Waals surface area contributed by atoms with Gasteiger partial charge in [0.15, 0.2) is 0 Å². The van der Waals surface area contributed by atoms with Gasteiger partial charge in [0.25, 0.3) is 0 Å². The molecule has 1 aliphatic rings. The van der Waals surface area contributed by atoms with E-state index in [4.69, 9.17) is 15.3 Å². The third-order valence-corrected chi connectivity index (χ3v) is 4.48. The van der Waals surface area contributed by atoms with Gasteiger partial charge >= 0.3 is 0 Å². The summed E-state index contributed by atoms with van der Waals surface area (Å²) in [6.45, 7) is 0.910. The van der Waals surface area contributed by atoms with Crippen molar-refractivity contribution in [1.29, 1.82) is 0 Å². The zero-order valence-electron chi connectivity index (χ0n) is 11.6. The van der Waals surface area contributed by atoms with Crippen molar-refractivity contribution in [3.8, 4) is 0 Å². The summed E-state index contributed by atoms with van der Waals surface area (Å²) in [5, 5.41) is 26.9. The van der Waals surface area contributed by atoms with Crippen molar-refractivity contribution in [3.05, 3.63) is 0 Å². The first-order valence-corrected chi connectivity index (χ1v) is 7.64. The quantitative estimate of drug-likeness (QED) is 0.595. The second-order valence-electron chi connectivity index (χ2n) is 5.80. The molecule has 3 nitrogen and oxygen atoms in total. The Morgan fingerprint density at radius 2 is 1.22 bits per heavy atom. The lowest BCUT2D eigenvalue weighted by molar-refractivity contribution is 0.130. The van der Waals surface area contributed by atoms with Crippen molar-refractivity contribution in [2.75, 3.05) is 19.8 Å². The van der Waals surface area contributed by atoms with Gasteiger partial charge < -0.3 is 15.3 Å². The Morgan fingerprint density at radius 1 is 0.667 bits per heavy atom.